The van der Waals surface area contributed by atoms with Crippen LogP contribution in [0.15, 0.2) is 0 Å². The summed E-state index contributed by atoms with van der Waals surface area (Å²) in [5, 5.41) is 20.5. The summed E-state index contributed by atoms with van der Waals surface area (Å²) >= 11 is 0. The third-order valence-electron chi connectivity index (χ3n) is 7.56. The molecule has 0 aromatic carbocycles. The van der Waals surface area contributed by atoms with E-state index in [1.54, 1.807) is 6.92 Å². The van der Waals surface area contributed by atoms with Gasteiger partial charge in [0, 0.05) is 13.0 Å². The second-order valence-electron chi connectivity index (χ2n) is 11.3. The Morgan fingerprint density at radius 3 is 1.25 bits per heavy atom. The monoisotopic (exact) mass is 511 g/mol. The number of nitrogens with zero attached hydrogens (tertiary/aromatic N) is 1. The zero-order valence-electron chi connectivity index (χ0n) is 24.8. The quantitative estimate of drug-likeness (QED) is 0.0812. The van der Waals surface area contributed by atoms with Crippen molar-refractivity contribution < 1.29 is 15.0 Å². The van der Waals surface area contributed by atoms with Crippen LogP contribution in [0.2, 0.25) is 0 Å². The normalized spacial score (nSPS) is 13.1. The molecule has 4 nitrogen and oxygen atoms in total. The molecule has 0 saturated heterocycles. The van der Waals surface area contributed by atoms with E-state index in [0.29, 0.717) is 12.8 Å². The molecule has 0 saturated carbocycles. The van der Waals surface area contributed by atoms with E-state index in [1.165, 1.54) is 127 Å². The molecule has 0 aliphatic carbocycles. The lowest BCUT2D eigenvalue weighted by Crippen LogP contribution is -2.43. The topological polar surface area (TPSA) is 60.8 Å². The Morgan fingerprint density at radius 1 is 0.556 bits per heavy atom. The largest absolute Gasteiger partial charge is 0.391 e. The SMILES string of the molecule is CCCCCCCCCCCCCCCCCC(=O)N(CC(O)CCCCCCCCCC)C(C)O. The lowest BCUT2D eigenvalue weighted by Gasteiger charge is -2.28. The smallest absolute Gasteiger partial charge is 0.224 e. The van der Waals surface area contributed by atoms with Crippen molar-refractivity contribution >= 4 is 5.91 Å². The van der Waals surface area contributed by atoms with E-state index < -0.39 is 12.3 Å². The first-order chi connectivity index (χ1) is 17.5. The van der Waals surface area contributed by atoms with Gasteiger partial charge in [0.2, 0.25) is 5.91 Å². The maximum Gasteiger partial charge on any atom is 0.224 e. The molecule has 2 atom stereocenters. The van der Waals surface area contributed by atoms with Crippen LogP contribution in [0.25, 0.3) is 0 Å². The van der Waals surface area contributed by atoms with Gasteiger partial charge in [-0.05, 0) is 19.8 Å². The predicted octanol–water partition coefficient (Wildman–Crippen LogP) is 9.31. The van der Waals surface area contributed by atoms with Gasteiger partial charge in [0.15, 0.2) is 0 Å². The third-order valence-corrected chi connectivity index (χ3v) is 7.56. The van der Waals surface area contributed by atoms with E-state index in [9.17, 15) is 15.0 Å². The van der Waals surface area contributed by atoms with E-state index in [-0.39, 0.29) is 12.5 Å². The Labute approximate surface area is 226 Å². The third kappa shape index (κ3) is 23.8. The number of carbonyl (C=O) groups excluding carboxylic acids is 1. The molecule has 2 N–H and O–H groups in total. The van der Waals surface area contributed by atoms with Gasteiger partial charge in [-0.3, -0.25) is 4.79 Å². The number of aliphatic hydroxyl groups excluding tert-OH is 2. The molecule has 4 heteroatoms. The van der Waals surface area contributed by atoms with Gasteiger partial charge in [-0.1, -0.05) is 155 Å². The van der Waals surface area contributed by atoms with Crippen molar-refractivity contribution in [2.75, 3.05) is 6.54 Å². The number of rotatable bonds is 28. The fraction of sp³-hybridized carbons (Fsp3) is 0.969. The van der Waals surface area contributed by atoms with E-state index in [0.717, 1.165) is 25.7 Å². The number of hydrogen-bond donors (Lipinski definition) is 2. The Morgan fingerprint density at radius 2 is 0.889 bits per heavy atom. The molecule has 0 radical (unpaired) electrons. The maximum atomic E-state index is 12.6. The van der Waals surface area contributed by atoms with Gasteiger partial charge in [-0.25, -0.2) is 0 Å². The van der Waals surface area contributed by atoms with Gasteiger partial charge in [0.05, 0.1) is 6.10 Å². The molecule has 2 unspecified atom stereocenters. The van der Waals surface area contributed by atoms with Crippen molar-refractivity contribution in [3.05, 3.63) is 0 Å². The molecule has 216 valence electrons. The fourth-order valence-corrected chi connectivity index (χ4v) is 5.09. The fourth-order valence-electron chi connectivity index (χ4n) is 5.09. The zero-order valence-corrected chi connectivity index (χ0v) is 24.8. The van der Waals surface area contributed by atoms with Crippen molar-refractivity contribution in [3.8, 4) is 0 Å². The van der Waals surface area contributed by atoms with Crippen molar-refractivity contribution in [3.63, 3.8) is 0 Å². The van der Waals surface area contributed by atoms with Gasteiger partial charge >= 0.3 is 0 Å². The number of aliphatic hydroxyl groups is 2. The van der Waals surface area contributed by atoms with E-state index in [4.69, 9.17) is 0 Å². The van der Waals surface area contributed by atoms with Gasteiger partial charge in [0.25, 0.3) is 0 Å². The van der Waals surface area contributed by atoms with E-state index >= 15 is 0 Å². The van der Waals surface area contributed by atoms with Crippen LogP contribution < -0.4 is 0 Å². The molecule has 1 amide bonds. The van der Waals surface area contributed by atoms with E-state index in [2.05, 4.69) is 13.8 Å². The molecule has 0 aromatic heterocycles. The summed E-state index contributed by atoms with van der Waals surface area (Å²) in [5.41, 5.74) is 0. The number of amides is 1. The average Bonchev–Trinajstić information content (AvgIpc) is 2.86. The summed E-state index contributed by atoms with van der Waals surface area (Å²) in [6.45, 7) is 6.40. The molecular weight excluding hydrogens is 446 g/mol. The second kappa shape index (κ2) is 27.4. The number of carbonyl (C=O) groups is 1. The van der Waals surface area contributed by atoms with Crippen LogP contribution in [0.3, 0.4) is 0 Å². The molecule has 36 heavy (non-hydrogen) atoms. The molecule has 0 fully saturated rings. The highest BCUT2D eigenvalue weighted by atomic mass is 16.3. The van der Waals surface area contributed by atoms with Crippen LogP contribution in [0.4, 0.5) is 0 Å². The Bertz CT molecular complexity index is 455. The average molecular weight is 512 g/mol. The first kappa shape index (κ1) is 35.4. The van der Waals surface area contributed by atoms with Crippen LogP contribution in [0, 0.1) is 0 Å². The summed E-state index contributed by atoms with van der Waals surface area (Å²) in [4.78, 5) is 14.1. The molecule has 0 aliphatic heterocycles. The minimum atomic E-state index is -0.831. The molecule has 0 aliphatic rings. The number of unbranched alkanes of at least 4 members (excludes halogenated alkanes) is 21. The lowest BCUT2D eigenvalue weighted by atomic mass is 10.0. The minimum Gasteiger partial charge on any atom is -0.391 e. The van der Waals surface area contributed by atoms with Crippen LogP contribution in [0.5, 0.6) is 0 Å². The predicted molar refractivity (Wildman–Crippen MR) is 156 cm³/mol. The summed E-state index contributed by atoms with van der Waals surface area (Å²) in [6.07, 6.45) is 29.4. The van der Waals surface area contributed by atoms with Gasteiger partial charge < -0.3 is 15.1 Å². The van der Waals surface area contributed by atoms with Gasteiger partial charge in [-0.2, -0.15) is 0 Å². The lowest BCUT2D eigenvalue weighted by molar-refractivity contribution is -0.142. The molecule has 0 aromatic rings. The standard InChI is InChI=1S/C32H65NO3/c1-4-6-8-10-12-14-15-16-17-18-19-20-22-24-26-28-32(36)33(30(3)34)29-31(35)27-25-23-21-13-11-9-7-5-2/h30-31,34-35H,4-29H2,1-3H3. The minimum absolute atomic E-state index is 0.0188. The van der Waals surface area contributed by atoms with Crippen LogP contribution >= 0.6 is 0 Å². The van der Waals surface area contributed by atoms with E-state index in [1.807, 2.05) is 0 Å². The molecular formula is C32H65NO3. The highest BCUT2D eigenvalue weighted by Gasteiger charge is 2.20. The van der Waals surface area contributed by atoms with Gasteiger partial charge in [-0.15, -0.1) is 0 Å². The van der Waals surface area contributed by atoms with Crippen molar-refractivity contribution in [2.45, 2.75) is 194 Å². The molecule has 0 heterocycles. The Hall–Kier alpha value is -0.610. The molecule has 0 spiro atoms. The Kier molecular flexibility index (Phi) is 27.0. The summed E-state index contributed by atoms with van der Waals surface area (Å²) < 4.78 is 0. The first-order valence-corrected chi connectivity index (χ1v) is 16.2. The highest BCUT2D eigenvalue weighted by Crippen LogP contribution is 2.15. The van der Waals surface area contributed by atoms with Crippen molar-refractivity contribution in [1.82, 2.24) is 4.90 Å². The van der Waals surface area contributed by atoms with Crippen molar-refractivity contribution in [2.24, 2.45) is 0 Å². The maximum absolute atomic E-state index is 12.6. The van der Waals surface area contributed by atoms with Crippen LogP contribution in [-0.2, 0) is 4.79 Å². The van der Waals surface area contributed by atoms with Gasteiger partial charge in [0.1, 0.15) is 6.23 Å². The number of hydrogen-bond acceptors (Lipinski definition) is 3. The van der Waals surface area contributed by atoms with Crippen molar-refractivity contribution in [1.29, 1.82) is 0 Å². The summed E-state index contributed by atoms with van der Waals surface area (Å²) in [6, 6.07) is 0. The zero-order chi connectivity index (χ0) is 26.7. The second-order valence-corrected chi connectivity index (χ2v) is 11.3. The first-order valence-electron chi connectivity index (χ1n) is 16.2. The van der Waals surface area contributed by atoms with Crippen LogP contribution in [0.1, 0.15) is 181 Å². The molecule has 0 bridgehead atoms. The summed E-state index contributed by atoms with van der Waals surface area (Å²) in [7, 11) is 0. The highest BCUT2D eigenvalue weighted by molar-refractivity contribution is 5.76. The Balaban J connectivity index is 3.68. The molecule has 0 rings (SSSR count). The van der Waals surface area contributed by atoms with Crippen LogP contribution in [-0.4, -0.2) is 39.9 Å². The summed E-state index contributed by atoms with van der Waals surface area (Å²) in [5.74, 6) is -0.0188.